The highest BCUT2D eigenvalue weighted by molar-refractivity contribution is 9.10. The molecule has 1 N–H and O–H groups in total. The van der Waals surface area contributed by atoms with Gasteiger partial charge in [0.05, 0.1) is 9.37 Å². The molecule has 1 aliphatic heterocycles. The molecule has 0 atom stereocenters. The third-order valence-electron chi connectivity index (χ3n) is 5.00. The number of rotatable bonds is 7. The van der Waals surface area contributed by atoms with Crippen molar-refractivity contribution in [1.29, 1.82) is 0 Å². The van der Waals surface area contributed by atoms with Crippen molar-refractivity contribution in [3.63, 3.8) is 0 Å². The molecule has 1 saturated heterocycles. The summed E-state index contributed by atoms with van der Waals surface area (Å²) in [5.41, 5.74) is 1.69. The van der Waals surface area contributed by atoms with Gasteiger partial charge in [-0.05, 0) is 71.4 Å². The fourth-order valence-corrected chi connectivity index (χ4v) is 5.07. The van der Waals surface area contributed by atoms with E-state index in [0.717, 1.165) is 10.9 Å². The second-order valence-corrected chi connectivity index (χ2v) is 9.98. The zero-order chi connectivity index (χ0) is 21.7. The molecule has 2 aromatic rings. The maximum atomic E-state index is 12.8. The van der Waals surface area contributed by atoms with Crippen LogP contribution < -0.4 is 10.1 Å². The SMILES string of the molecule is CCc1ccc(OCC(=O)Nc2ccc(S(=O)(=O)N3CCN(C)CC3)cc2)c(Br)c1. The molecule has 1 aliphatic rings. The second kappa shape index (κ2) is 9.91. The summed E-state index contributed by atoms with van der Waals surface area (Å²) < 4.78 is 33.4. The van der Waals surface area contributed by atoms with Crippen molar-refractivity contribution in [1.82, 2.24) is 9.21 Å². The Hall–Kier alpha value is -1.94. The Morgan fingerprint density at radius 2 is 1.77 bits per heavy atom. The Labute approximate surface area is 186 Å². The van der Waals surface area contributed by atoms with E-state index >= 15 is 0 Å². The Bertz CT molecular complexity index is 988. The van der Waals surface area contributed by atoms with Crippen LogP contribution in [0.25, 0.3) is 0 Å². The van der Waals surface area contributed by atoms with Crippen molar-refractivity contribution in [3.05, 3.63) is 52.5 Å². The molecule has 3 rings (SSSR count). The zero-order valence-corrected chi connectivity index (χ0v) is 19.5. The lowest BCUT2D eigenvalue weighted by molar-refractivity contribution is -0.118. The van der Waals surface area contributed by atoms with E-state index in [9.17, 15) is 13.2 Å². The molecule has 0 aromatic heterocycles. The predicted molar refractivity (Wildman–Crippen MR) is 120 cm³/mol. The zero-order valence-electron chi connectivity index (χ0n) is 17.1. The van der Waals surface area contributed by atoms with Crippen molar-refractivity contribution in [2.75, 3.05) is 45.2 Å². The average Bonchev–Trinajstić information content (AvgIpc) is 2.73. The van der Waals surface area contributed by atoms with Gasteiger partial charge >= 0.3 is 0 Å². The number of carbonyl (C=O) groups is 1. The van der Waals surface area contributed by atoms with Crippen LogP contribution in [0.3, 0.4) is 0 Å². The first kappa shape index (κ1) is 22.7. The smallest absolute Gasteiger partial charge is 0.262 e. The van der Waals surface area contributed by atoms with Crippen molar-refractivity contribution in [2.24, 2.45) is 0 Å². The molecule has 1 fully saturated rings. The molecule has 0 bridgehead atoms. The van der Waals surface area contributed by atoms with E-state index in [1.165, 1.54) is 22.0 Å². The fraction of sp³-hybridized carbons (Fsp3) is 0.381. The summed E-state index contributed by atoms with van der Waals surface area (Å²) in [4.78, 5) is 14.5. The quantitative estimate of drug-likeness (QED) is 0.638. The molecule has 0 saturated carbocycles. The van der Waals surface area contributed by atoms with Gasteiger partial charge in [0.2, 0.25) is 10.0 Å². The number of sulfonamides is 1. The van der Waals surface area contributed by atoms with Gasteiger partial charge in [-0.2, -0.15) is 4.31 Å². The Morgan fingerprint density at radius 3 is 2.37 bits per heavy atom. The molecular formula is C21H26BrN3O4S. The van der Waals surface area contributed by atoms with Crippen molar-refractivity contribution in [3.8, 4) is 5.75 Å². The number of nitrogens with one attached hydrogen (secondary N) is 1. The first-order valence-electron chi connectivity index (χ1n) is 9.79. The van der Waals surface area contributed by atoms with Crippen molar-refractivity contribution >= 4 is 37.5 Å². The van der Waals surface area contributed by atoms with Crippen LogP contribution in [-0.2, 0) is 21.2 Å². The van der Waals surface area contributed by atoms with Gasteiger partial charge in [-0.25, -0.2) is 8.42 Å². The number of carbonyl (C=O) groups excluding carboxylic acids is 1. The van der Waals surface area contributed by atoms with Gasteiger partial charge in [-0.3, -0.25) is 4.79 Å². The van der Waals surface area contributed by atoms with E-state index in [2.05, 4.69) is 33.1 Å². The number of aryl methyl sites for hydroxylation is 1. The first-order chi connectivity index (χ1) is 14.3. The third-order valence-corrected chi connectivity index (χ3v) is 7.53. The third kappa shape index (κ3) is 5.60. The number of hydrogen-bond acceptors (Lipinski definition) is 5. The van der Waals surface area contributed by atoms with Gasteiger partial charge < -0.3 is 15.0 Å². The number of hydrogen-bond donors (Lipinski definition) is 1. The highest BCUT2D eigenvalue weighted by Crippen LogP contribution is 2.26. The summed E-state index contributed by atoms with van der Waals surface area (Å²) >= 11 is 3.45. The number of benzene rings is 2. The highest BCUT2D eigenvalue weighted by atomic mass is 79.9. The molecule has 1 amide bonds. The summed E-state index contributed by atoms with van der Waals surface area (Å²) in [7, 11) is -1.55. The number of halogens is 1. The molecule has 162 valence electrons. The Kier molecular flexibility index (Phi) is 7.51. The number of anilines is 1. The summed E-state index contributed by atoms with van der Waals surface area (Å²) in [5, 5.41) is 2.72. The normalized spacial score (nSPS) is 15.7. The van der Waals surface area contributed by atoms with Crippen LogP contribution in [0, 0.1) is 0 Å². The molecule has 2 aromatic carbocycles. The van der Waals surface area contributed by atoms with Gasteiger partial charge in [0, 0.05) is 31.9 Å². The lowest BCUT2D eigenvalue weighted by Crippen LogP contribution is -2.46. The minimum atomic E-state index is -3.52. The monoisotopic (exact) mass is 495 g/mol. The van der Waals surface area contributed by atoms with Crippen LogP contribution in [-0.4, -0.2) is 63.4 Å². The molecule has 0 radical (unpaired) electrons. The fourth-order valence-electron chi connectivity index (χ4n) is 3.11. The maximum absolute atomic E-state index is 12.8. The van der Waals surface area contributed by atoms with Gasteiger partial charge in [-0.15, -0.1) is 0 Å². The number of ether oxygens (including phenoxy) is 1. The maximum Gasteiger partial charge on any atom is 0.262 e. The predicted octanol–water partition coefficient (Wildman–Crippen LogP) is 2.97. The second-order valence-electron chi connectivity index (χ2n) is 7.19. The number of likely N-dealkylation sites (N-methyl/N-ethyl adjacent to an activating group) is 1. The van der Waals surface area contributed by atoms with Crippen LogP contribution in [0.1, 0.15) is 12.5 Å². The van der Waals surface area contributed by atoms with Crippen molar-refractivity contribution < 1.29 is 17.9 Å². The lowest BCUT2D eigenvalue weighted by atomic mass is 10.2. The minimum absolute atomic E-state index is 0.147. The molecule has 0 spiro atoms. The topological polar surface area (TPSA) is 78.9 Å². The van der Waals surface area contributed by atoms with Crippen LogP contribution >= 0.6 is 15.9 Å². The first-order valence-corrected chi connectivity index (χ1v) is 12.0. The molecule has 1 heterocycles. The summed E-state index contributed by atoms with van der Waals surface area (Å²) in [6.07, 6.45) is 0.917. The molecule has 7 nitrogen and oxygen atoms in total. The summed E-state index contributed by atoms with van der Waals surface area (Å²) in [5.74, 6) is 0.270. The van der Waals surface area contributed by atoms with E-state index in [-0.39, 0.29) is 17.4 Å². The minimum Gasteiger partial charge on any atom is -0.483 e. The van der Waals surface area contributed by atoms with Crippen LogP contribution in [0.5, 0.6) is 5.75 Å². The largest absolute Gasteiger partial charge is 0.483 e. The standard InChI is InChI=1S/C21H26BrN3O4S/c1-3-16-4-9-20(19(22)14-16)29-15-21(26)23-17-5-7-18(8-6-17)30(27,28)25-12-10-24(2)11-13-25/h4-9,14H,3,10-13,15H2,1-2H3,(H,23,26). The average molecular weight is 496 g/mol. The molecule has 0 unspecified atom stereocenters. The van der Waals surface area contributed by atoms with E-state index in [1.54, 1.807) is 12.1 Å². The Morgan fingerprint density at radius 1 is 1.10 bits per heavy atom. The van der Waals surface area contributed by atoms with Gasteiger partial charge in [0.1, 0.15) is 5.75 Å². The van der Waals surface area contributed by atoms with Crippen molar-refractivity contribution in [2.45, 2.75) is 18.2 Å². The Balaban J connectivity index is 1.57. The van der Waals surface area contributed by atoms with E-state index in [4.69, 9.17) is 4.74 Å². The van der Waals surface area contributed by atoms with Crippen LogP contribution in [0.2, 0.25) is 0 Å². The summed E-state index contributed by atoms with van der Waals surface area (Å²) in [6.45, 7) is 4.30. The highest BCUT2D eigenvalue weighted by Gasteiger charge is 2.27. The van der Waals surface area contributed by atoms with Crippen LogP contribution in [0.4, 0.5) is 5.69 Å². The van der Waals surface area contributed by atoms with E-state index in [0.29, 0.717) is 37.6 Å². The molecular weight excluding hydrogens is 470 g/mol. The molecule has 30 heavy (non-hydrogen) atoms. The van der Waals surface area contributed by atoms with Crippen LogP contribution in [0.15, 0.2) is 51.8 Å². The molecule has 9 heteroatoms. The van der Waals surface area contributed by atoms with Gasteiger partial charge in [0.15, 0.2) is 6.61 Å². The lowest BCUT2D eigenvalue weighted by Gasteiger charge is -2.31. The van der Waals surface area contributed by atoms with E-state index < -0.39 is 10.0 Å². The van der Waals surface area contributed by atoms with Gasteiger partial charge in [0.25, 0.3) is 5.91 Å². The van der Waals surface area contributed by atoms with E-state index in [1.807, 2.05) is 25.2 Å². The molecule has 0 aliphatic carbocycles. The number of nitrogens with zero attached hydrogens (tertiary/aromatic N) is 2. The summed E-state index contributed by atoms with van der Waals surface area (Å²) in [6, 6.07) is 12.0. The van der Waals surface area contributed by atoms with Gasteiger partial charge in [-0.1, -0.05) is 13.0 Å². The number of amides is 1. The number of piperazine rings is 1.